The van der Waals surface area contributed by atoms with Crippen LogP contribution in [0.25, 0.3) is 22.2 Å². The van der Waals surface area contributed by atoms with Gasteiger partial charge in [-0.05, 0) is 19.1 Å². The third-order valence-electron chi connectivity index (χ3n) is 5.05. The van der Waals surface area contributed by atoms with E-state index in [0.29, 0.717) is 23.1 Å². The molecule has 2 aromatic carbocycles. The number of hydrogen-bond acceptors (Lipinski definition) is 6. The van der Waals surface area contributed by atoms with Crippen molar-refractivity contribution >= 4 is 44.2 Å². The van der Waals surface area contributed by atoms with Crippen LogP contribution >= 0.6 is 11.6 Å². The van der Waals surface area contributed by atoms with Gasteiger partial charge in [0.2, 0.25) is 0 Å². The van der Waals surface area contributed by atoms with Gasteiger partial charge in [0.25, 0.3) is 10.0 Å². The van der Waals surface area contributed by atoms with Gasteiger partial charge in [-0.2, -0.15) is 0 Å². The summed E-state index contributed by atoms with van der Waals surface area (Å²) in [6, 6.07) is 5.89. The van der Waals surface area contributed by atoms with Crippen molar-refractivity contribution in [1.29, 1.82) is 0 Å². The van der Waals surface area contributed by atoms with Crippen LogP contribution in [-0.2, 0) is 16.6 Å². The highest BCUT2D eigenvalue weighted by Crippen LogP contribution is 2.37. The van der Waals surface area contributed by atoms with Gasteiger partial charge in [0, 0.05) is 29.9 Å². The second-order valence-corrected chi connectivity index (χ2v) is 9.03. The van der Waals surface area contributed by atoms with Gasteiger partial charge in [-0.1, -0.05) is 23.7 Å². The lowest BCUT2D eigenvalue weighted by atomic mass is 10.0. The Labute approximate surface area is 193 Å². The molecule has 0 amide bonds. The van der Waals surface area contributed by atoms with Crippen LogP contribution in [0, 0.1) is 11.6 Å². The average molecular weight is 494 g/mol. The maximum absolute atomic E-state index is 15.5. The van der Waals surface area contributed by atoms with E-state index in [9.17, 15) is 12.8 Å². The normalized spacial score (nSPS) is 11.7. The van der Waals surface area contributed by atoms with Crippen molar-refractivity contribution in [2.24, 2.45) is 0 Å². The number of nitrogen functional groups attached to an aromatic ring is 1. The minimum atomic E-state index is -4.52. The summed E-state index contributed by atoms with van der Waals surface area (Å²) in [6.45, 7) is 2.43. The maximum Gasteiger partial charge on any atom is 0.264 e. The molecule has 2 heterocycles. The highest BCUT2D eigenvalue weighted by Gasteiger charge is 2.25. The fraction of sp³-hybridized carbons (Fsp3) is 0.143. The molecule has 0 unspecified atom stereocenters. The van der Waals surface area contributed by atoms with E-state index >= 15 is 4.39 Å². The molecule has 0 aliphatic carbocycles. The lowest BCUT2D eigenvalue weighted by Crippen LogP contribution is -2.16. The zero-order chi connectivity index (χ0) is 23.9. The van der Waals surface area contributed by atoms with Crippen molar-refractivity contribution in [3.63, 3.8) is 0 Å². The van der Waals surface area contributed by atoms with Crippen LogP contribution in [0.2, 0.25) is 5.02 Å². The van der Waals surface area contributed by atoms with Crippen LogP contribution in [0.3, 0.4) is 0 Å². The predicted octanol–water partition coefficient (Wildman–Crippen LogP) is 4.44. The Balaban J connectivity index is 1.81. The number of nitrogens with zero attached hydrogens (tertiary/aromatic N) is 3. The van der Waals surface area contributed by atoms with Crippen molar-refractivity contribution in [2.75, 3.05) is 17.6 Å². The number of methoxy groups -OCH3 is 1. The first-order chi connectivity index (χ1) is 15.7. The number of aromatic nitrogens is 3. The molecule has 12 heteroatoms. The Morgan fingerprint density at radius 2 is 1.97 bits per heavy atom. The van der Waals surface area contributed by atoms with Crippen molar-refractivity contribution in [1.82, 2.24) is 14.5 Å². The summed E-state index contributed by atoms with van der Waals surface area (Å²) in [5.41, 5.74) is 6.61. The van der Waals surface area contributed by atoms with E-state index in [4.69, 9.17) is 22.1 Å². The monoisotopic (exact) mass is 493 g/mol. The topological polar surface area (TPSA) is 112 Å². The molecule has 0 bridgehead atoms. The first kappa shape index (κ1) is 22.7. The van der Waals surface area contributed by atoms with Gasteiger partial charge in [0.15, 0.2) is 5.82 Å². The number of halogens is 3. The third kappa shape index (κ3) is 3.93. The van der Waals surface area contributed by atoms with Crippen molar-refractivity contribution in [3.05, 3.63) is 59.5 Å². The summed E-state index contributed by atoms with van der Waals surface area (Å²) in [5.74, 6) is -1.85. The highest BCUT2D eigenvalue weighted by molar-refractivity contribution is 7.92. The van der Waals surface area contributed by atoms with E-state index in [1.807, 2.05) is 6.92 Å². The van der Waals surface area contributed by atoms with E-state index < -0.39 is 26.6 Å². The Bertz CT molecular complexity index is 1490. The van der Waals surface area contributed by atoms with E-state index in [0.717, 1.165) is 12.1 Å². The molecule has 33 heavy (non-hydrogen) atoms. The molecule has 8 nitrogen and oxygen atoms in total. The Morgan fingerprint density at radius 1 is 1.21 bits per heavy atom. The molecule has 0 spiro atoms. The standard InChI is InChI=1S/C21H18ClF2N5O3S/c1-3-29-9-12(18-20(25)26-10-27-21(18)29)11-5-4-6-15(19(11)24)28-33(30,31)17-7-13(22)16(32-2)8-14(17)23/h4-10,28H,3H2,1-2H3,(H2,25,26,27). The van der Waals surface area contributed by atoms with Crippen LogP contribution in [0.5, 0.6) is 5.75 Å². The third-order valence-corrected chi connectivity index (χ3v) is 6.73. The minimum absolute atomic E-state index is 0.0339. The molecule has 4 aromatic rings. The summed E-state index contributed by atoms with van der Waals surface area (Å²) in [5, 5.41) is 0.322. The van der Waals surface area contributed by atoms with Crippen LogP contribution in [0.15, 0.2) is 47.8 Å². The summed E-state index contributed by atoms with van der Waals surface area (Å²) in [4.78, 5) is 7.44. The van der Waals surface area contributed by atoms with Gasteiger partial charge in [-0.3, -0.25) is 4.72 Å². The zero-order valence-electron chi connectivity index (χ0n) is 17.4. The molecular formula is C21H18ClF2N5O3S. The van der Waals surface area contributed by atoms with Crippen molar-refractivity contribution in [2.45, 2.75) is 18.4 Å². The summed E-state index contributed by atoms with van der Waals surface area (Å²) < 4.78 is 64.4. The fourth-order valence-corrected chi connectivity index (χ4v) is 4.93. The number of ether oxygens (including phenoxy) is 1. The largest absolute Gasteiger partial charge is 0.495 e. The van der Waals surface area contributed by atoms with Crippen LogP contribution < -0.4 is 15.2 Å². The first-order valence-corrected chi connectivity index (χ1v) is 11.5. The van der Waals surface area contributed by atoms with E-state index in [1.165, 1.54) is 31.6 Å². The second kappa shape index (κ2) is 8.49. The van der Waals surface area contributed by atoms with Crippen LogP contribution in [-0.4, -0.2) is 30.1 Å². The van der Waals surface area contributed by atoms with Gasteiger partial charge < -0.3 is 15.0 Å². The molecule has 0 aliphatic heterocycles. The molecule has 0 aliphatic rings. The van der Waals surface area contributed by atoms with Crippen molar-refractivity contribution in [3.8, 4) is 16.9 Å². The first-order valence-electron chi connectivity index (χ1n) is 9.62. The minimum Gasteiger partial charge on any atom is -0.495 e. The second-order valence-electron chi connectivity index (χ2n) is 6.98. The fourth-order valence-electron chi connectivity index (χ4n) is 3.48. The number of fused-ring (bicyclic) bond motifs is 1. The van der Waals surface area contributed by atoms with E-state index in [2.05, 4.69) is 14.7 Å². The average Bonchev–Trinajstić information content (AvgIpc) is 3.16. The quantitative estimate of drug-likeness (QED) is 0.410. The smallest absolute Gasteiger partial charge is 0.264 e. The Morgan fingerprint density at radius 3 is 2.67 bits per heavy atom. The molecule has 4 rings (SSSR count). The van der Waals surface area contributed by atoms with Gasteiger partial charge in [-0.25, -0.2) is 27.2 Å². The molecule has 0 saturated carbocycles. The molecular weight excluding hydrogens is 476 g/mol. The van der Waals surface area contributed by atoms with Crippen LogP contribution in [0.1, 0.15) is 6.92 Å². The maximum atomic E-state index is 15.5. The highest BCUT2D eigenvalue weighted by atomic mass is 35.5. The van der Waals surface area contributed by atoms with E-state index in [-0.39, 0.29) is 27.8 Å². The molecule has 3 N–H and O–H groups in total. The molecule has 0 atom stereocenters. The Hall–Kier alpha value is -3.44. The Kier molecular flexibility index (Phi) is 5.85. The van der Waals surface area contributed by atoms with Gasteiger partial charge in [-0.15, -0.1) is 0 Å². The van der Waals surface area contributed by atoms with E-state index in [1.54, 1.807) is 10.8 Å². The predicted molar refractivity (Wildman–Crippen MR) is 122 cm³/mol. The number of hydrogen-bond donors (Lipinski definition) is 2. The lowest BCUT2D eigenvalue weighted by molar-refractivity contribution is 0.410. The zero-order valence-corrected chi connectivity index (χ0v) is 19.0. The number of rotatable bonds is 6. The molecule has 0 saturated heterocycles. The van der Waals surface area contributed by atoms with Gasteiger partial charge in [0.1, 0.15) is 34.3 Å². The van der Waals surface area contributed by atoms with Gasteiger partial charge >= 0.3 is 0 Å². The number of anilines is 2. The molecule has 0 radical (unpaired) electrons. The SMILES string of the molecule is CCn1cc(-c2cccc(NS(=O)(=O)c3cc(Cl)c(OC)cc3F)c2F)c2c(N)ncnc21. The molecule has 2 aromatic heterocycles. The number of aryl methyl sites for hydroxylation is 1. The van der Waals surface area contributed by atoms with Crippen LogP contribution in [0.4, 0.5) is 20.3 Å². The lowest BCUT2D eigenvalue weighted by Gasteiger charge is -2.13. The summed E-state index contributed by atoms with van der Waals surface area (Å²) >= 11 is 5.95. The molecule has 172 valence electrons. The summed E-state index contributed by atoms with van der Waals surface area (Å²) in [6.07, 6.45) is 2.97. The van der Waals surface area contributed by atoms with Gasteiger partial charge in [0.05, 0.1) is 23.2 Å². The number of nitrogens with one attached hydrogen (secondary N) is 1. The number of sulfonamides is 1. The molecule has 0 fully saturated rings. The summed E-state index contributed by atoms with van der Waals surface area (Å²) in [7, 11) is -3.26. The number of nitrogens with two attached hydrogens (primary N) is 1. The number of benzene rings is 2. The van der Waals surface area contributed by atoms with Crippen molar-refractivity contribution < 1.29 is 21.9 Å².